The molecule has 0 aliphatic rings. The second-order valence-electron chi connectivity index (χ2n) is 5.44. The monoisotopic (exact) mass is 332 g/mol. The predicted octanol–water partition coefficient (Wildman–Crippen LogP) is 2.98. The number of nitrogens with zero attached hydrogens (tertiary/aromatic N) is 2. The summed E-state index contributed by atoms with van der Waals surface area (Å²) in [5.41, 5.74) is 1.10. The van der Waals surface area contributed by atoms with E-state index in [4.69, 9.17) is 0 Å². The van der Waals surface area contributed by atoms with E-state index in [1.165, 1.54) is 17.9 Å². The molecule has 0 aromatic heterocycles. The highest BCUT2D eigenvalue weighted by Gasteiger charge is 2.19. The van der Waals surface area contributed by atoms with Gasteiger partial charge in [0, 0.05) is 32.3 Å². The Morgan fingerprint density at radius 3 is 2.25 bits per heavy atom. The molecule has 0 N–H and O–H groups in total. The lowest BCUT2D eigenvalue weighted by atomic mass is 10.2. The van der Waals surface area contributed by atoms with Crippen LogP contribution >= 0.6 is 0 Å². The third kappa shape index (κ3) is 4.38. The van der Waals surface area contributed by atoms with E-state index < -0.39 is 17.5 Å². The lowest BCUT2D eigenvalue weighted by molar-refractivity contribution is -0.130. The van der Waals surface area contributed by atoms with Crippen LogP contribution in [0.5, 0.6) is 0 Å². The van der Waals surface area contributed by atoms with Crippen molar-refractivity contribution < 1.29 is 18.4 Å². The summed E-state index contributed by atoms with van der Waals surface area (Å²) in [6.45, 7) is 1.42. The van der Waals surface area contributed by atoms with Gasteiger partial charge < -0.3 is 9.80 Å². The van der Waals surface area contributed by atoms with Crippen LogP contribution < -0.4 is 4.90 Å². The van der Waals surface area contributed by atoms with Crippen molar-refractivity contribution in [3.8, 4) is 0 Å². The second kappa shape index (κ2) is 7.68. The minimum atomic E-state index is -1.07. The van der Waals surface area contributed by atoms with E-state index >= 15 is 0 Å². The summed E-state index contributed by atoms with van der Waals surface area (Å²) in [4.78, 5) is 26.7. The molecule has 2 aromatic carbocycles. The van der Waals surface area contributed by atoms with Crippen LogP contribution in [-0.4, -0.2) is 30.3 Å². The number of halogens is 2. The van der Waals surface area contributed by atoms with Crippen molar-refractivity contribution in [1.29, 1.82) is 0 Å². The minimum Gasteiger partial charge on any atom is -0.340 e. The summed E-state index contributed by atoms with van der Waals surface area (Å²) in [5.74, 6) is -2.81. The molecule has 24 heavy (non-hydrogen) atoms. The van der Waals surface area contributed by atoms with E-state index in [0.717, 1.165) is 22.6 Å². The Kier molecular flexibility index (Phi) is 5.63. The van der Waals surface area contributed by atoms with Gasteiger partial charge in [-0.25, -0.2) is 8.78 Å². The Labute approximate surface area is 139 Å². The Balaban J connectivity index is 2.10. The molecule has 6 heteroatoms. The number of hydrogen-bond donors (Lipinski definition) is 0. The van der Waals surface area contributed by atoms with Crippen molar-refractivity contribution in [1.82, 2.24) is 4.90 Å². The molecule has 126 valence electrons. The maximum Gasteiger partial charge on any atom is 0.242 e. The Morgan fingerprint density at radius 1 is 1.00 bits per heavy atom. The summed E-state index contributed by atoms with van der Waals surface area (Å²) >= 11 is 0. The van der Waals surface area contributed by atoms with Crippen molar-refractivity contribution in [3.63, 3.8) is 0 Å². The first-order valence-corrected chi connectivity index (χ1v) is 7.39. The molecule has 0 aliphatic carbocycles. The van der Waals surface area contributed by atoms with E-state index in [9.17, 15) is 18.4 Å². The van der Waals surface area contributed by atoms with Gasteiger partial charge in [0.25, 0.3) is 0 Å². The number of carbonyl (C=O) groups excluding carboxylic acids is 2. The average molecular weight is 332 g/mol. The van der Waals surface area contributed by atoms with Crippen LogP contribution in [0.1, 0.15) is 12.5 Å². The van der Waals surface area contributed by atoms with Gasteiger partial charge in [-0.3, -0.25) is 9.59 Å². The second-order valence-corrected chi connectivity index (χ2v) is 5.44. The summed E-state index contributed by atoms with van der Waals surface area (Å²) in [7, 11) is 1.62. The summed E-state index contributed by atoms with van der Waals surface area (Å²) in [5, 5.41) is 0. The fourth-order valence-corrected chi connectivity index (χ4v) is 2.24. The van der Waals surface area contributed by atoms with Crippen LogP contribution in [0.3, 0.4) is 0 Å². The molecular weight excluding hydrogens is 314 g/mol. The smallest absolute Gasteiger partial charge is 0.242 e. The highest BCUT2D eigenvalue weighted by Crippen LogP contribution is 2.18. The largest absolute Gasteiger partial charge is 0.340 e. The molecular formula is C18H18F2N2O2. The number of carbonyl (C=O) groups is 2. The number of anilines is 1. The van der Waals surface area contributed by atoms with Gasteiger partial charge in [0.15, 0.2) is 11.6 Å². The minimum absolute atomic E-state index is 0.142. The molecule has 2 aromatic rings. The number of rotatable bonds is 5. The Hall–Kier alpha value is -2.76. The Bertz CT molecular complexity index is 735. The Morgan fingerprint density at radius 2 is 1.67 bits per heavy atom. The third-order valence-electron chi connectivity index (χ3n) is 3.58. The third-order valence-corrected chi connectivity index (χ3v) is 3.58. The molecule has 2 rings (SSSR count). The van der Waals surface area contributed by atoms with Crippen LogP contribution in [-0.2, 0) is 16.1 Å². The molecule has 4 nitrogen and oxygen atoms in total. The number of amides is 2. The van der Waals surface area contributed by atoms with E-state index in [2.05, 4.69) is 0 Å². The maximum atomic E-state index is 13.4. The van der Waals surface area contributed by atoms with Crippen molar-refractivity contribution >= 4 is 17.5 Å². The van der Waals surface area contributed by atoms with Crippen molar-refractivity contribution in [2.45, 2.75) is 13.5 Å². The molecule has 0 saturated carbocycles. The topological polar surface area (TPSA) is 40.6 Å². The van der Waals surface area contributed by atoms with Crippen LogP contribution in [0, 0.1) is 11.6 Å². The number of hydrogen-bond acceptors (Lipinski definition) is 2. The van der Waals surface area contributed by atoms with Crippen LogP contribution in [0.4, 0.5) is 14.5 Å². The first-order valence-electron chi connectivity index (χ1n) is 7.39. The molecule has 2 amide bonds. The van der Waals surface area contributed by atoms with E-state index in [0.29, 0.717) is 6.54 Å². The molecule has 0 fully saturated rings. The van der Waals surface area contributed by atoms with Crippen LogP contribution in [0.15, 0.2) is 48.5 Å². The molecule has 0 unspecified atom stereocenters. The number of benzene rings is 2. The predicted molar refractivity (Wildman–Crippen MR) is 87.3 cm³/mol. The molecule has 0 aliphatic heterocycles. The van der Waals surface area contributed by atoms with Gasteiger partial charge in [0.2, 0.25) is 11.8 Å². The van der Waals surface area contributed by atoms with Gasteiger partial charge in [-0.1, -0.05) is 30.3 Å². The molecule has 0 heterocycles. The van der Waals surface area contributed by atoms with Crippen molar-refractivity contribution in [3.05, 3.63) is 65.7 Å². The highest BCUT2D eigenvalue weighted by molar-refractivity contribution is 5.97. The lowest BCUT2D eigenvalue weighted by Gasteiger charge is -2.24. The van der Waals surface area contributed by atoms with Gasteiger partial charge >= 0.3 is 0 Å². The van der Waals surface area contributed by atoms with Gasteiger partial charge in [0.05, 0.1) is 0 Å². The summed E-state index contributed by atoms with van der Waals surface area (Å²) in [6.07, 6.45) is 0. The SMILES string of the molecule is CC(=O)N(CC(=O)N(C)Cc1ccccc1)c1ccc(F)c(F)c1. The first kappa shape index (κ1) is 17.6. The van der Waals surface area contributed by atoms with E-state index in [1.807, 2.05) is 30.3 Å². The molecule has 0 bridgehead atoms. The standard InChI is InChI=1S/C18H18F2N2O2/c1-13(23)22(15-8-9-16(19)17(20)10-15)12-18(24)21(2)11-14-6-4-3-5-7-14/h3-10H,11-12H2,1-2H3. The zero-order chi connectivity index (χ0) is 17.7. The maximum absolute atomic E-state index is 13.4. The fourth-order valence-electron chi connectivity index (χ4n) is 2.24. The summed E-state index contributed by atoms with van der Waals surface area (Å²) < 4.78 is 26.4. The quantitative estimate of drug-likeness (QED) is 0.845. The fraction of sp³-hybridized carbons (Fsp3) is 0.222. The van der Waals surface area contributed by atoms with Gasteiger partial charge in [-0.05, 0) is 17.7 Å². The van der Waals surface area contributed by atoms with Crippen molar-refractivity contribution in [2.24, 2.45) is 0 Å². The van der Waals surface area contributed by atoms with Crippen LogP contribution in [0.25, 0.3) is 0 Å². The van der Waals surface area contributed by atoms with Gasteiger partial charge in [0.1, 0.15) is 6.54 Å². The van der Waals surface area contributed by atoms with E-state index in [-0.39, 0.29) is 18.1 Å². The average Bonchev–Trinajstić information content (AvgIpc) is 2.55. The van der Waals surface area contributed by atoms with Crippen molar-refractivity contribution in [2.75, 3.05) is 18.5 Å². The molecule has 0 spiro atoms. The zero-order valence-corrected chi connectivity index (χ0v) is 13.5. The first-order chi connectivity index (χ1) is 11.4. The lowest BCUT2D eigenvalue weighted by Crippen LogP contribution is -2.40. The number of likely N-dealkylation sites (N-methyl/N-ethyl adjacent to an activating group) is 1. The zero-order valence-electron chi connectivity index (χ0n) is 13.5. The van der Waals surface area contributed by atoms with Crippen LogP contribution in [0.2, 0.25) is 0 Å². The molecule has 0 radical (unpaired) electrons. The van der Waals surface area contributed by atoms with Gasteiger partial charge in [-0.2, -0.15) is 0 Å². The molecule has 0 saturated heterocycles. The molecule has 0 atom stereocenters. The van der Waals surface area contributed by atoms with E-state index in [1.54, 1.807) is 7.05 Å². The highest BCUT2D eigenvalue weighted by atomic mass is 19.2. The normalized spacial score (nSPS) is 10.3. The summed E-state index contributed by atoms with van der Waals surface area (Å²) in [6, 6.07) is 12.5. The van der Waals surface area contributed by atoms with Gasteiger partial charge in [-0.15, -0.1) is 0 Å².